The van der Waals surface area contributed by atoms with E-state index < -0.39 is 67.5 Å². The number of hydrogen-bond donors (Lipinski definition) is 3. The average molecular weight is 343 g/mol. The summed E-state index contributed by atoms with van der Waals surface area (Å²) in [5.74, 6) is -6.72. The van der Waals surface area contributed by atoms with Crippen molar-refractivity contribution in [1.29, 1.82) is 0 Å². The molecule has 4 N–H and O–H groups in total. The highest BCUT2D eigenvalue weighted by Crippen LogP contribution is 2.63. The van der Waals surface area contributed by atoms with Gasteiger partial charge in [0.05, 0.1) is 11.2 Å². The maximum absolute atomic E-state index is 13.8. The Morgan fingerprint density at radius 2 is 1.87 bits per heavy atom. The Morgan fingerprint density at radius 1 is 1.26 bits per heavy atom. The summed E-state index contributed by atoms with van der Waals surface area (Å²) in [5, 5.41) is 17.1. The predicted octanol–water partition coefficient (Wildman–Crippen LogP) is 0.101. The van der Waals surface area contributed by atoms with Crippen LogP contribution in [0.1, 0.15) is 6.42 Å². The number of halogens is 1. The monoisotopic (exact) mass is 343 g/mol. The van der Waals surface area contributed by atoms with E-state index in [1.54, 1.807) is 0 Å². The van der Waals surface area contributed by atoms with Gasteiger partial charge in [-0.05, 0) is 24.5 Å². The van der Waals surface area contributed by atoms with Gasteiger partial charge in [0.25, 0.3) is 0 Å². The van der Waals surface area contributed by atoms with E-state index in [2.05, 4.69) is 0 Å². The number of nitrogens with two attached hydrogens (primary N) is 1. The number of carbonyl (C=O) groups is 2. The van der Waals surface area contributed by atoms with Gasteiger partial charge in [0.15, 0.2) is 9.84 Å². The highest BCUT2D eigenvalue weighted by atomic mass is 32.2. The van der Waals surface area contributed by atoms with Crippen LogP contribution in [0, 0.1) is 23.6 Å². The average Bonchev–Trinajstić information content (AvgIpc) is 3.12. The number of carboxylic acids is 2. The van der Waals surface area contributed by atoms with Gasteiger partial charge < -0.3 is 15.9 Å². The molecule has 5 unspecified atom stereocenters. The number of aliphatic carboxylic acids is 2. The molecular weight excluding hydrogens is 329 g/mol. The van der Waals surface area contributed by atoms with Crippen molar-refractivity contribution < 1.29 is 32.6 Å². The molecule has 0 bridgehead atoms. The van der Waals surface area contributed by atoms with Crippen molar-refractivity contribution in [1.82, 2.24) is 0 Å². The summed E-state index contributed by atoms with van der Waals surface area (Å²) >= 11 is 0. The van der Waals surface area contributed by atoms with Crippen molar-refractivity contribution in [2.45, 2.75) is 22.1 Å². The molecule has 0 spiro atoms. The van der Waals surface area contributed by atoms with Gasteiger partial charge >= 0.3 is 11.9 Å². The smallest absolute Gasteiger partial charge is 0.324 e. The predicted molar refractivity (Wildman–Crippen MR) is 74.7 cm³/mol. The van der Waals surface area contributed by atoms with Crippen LogP contribution in [0.5, 0.6) is 0 Å². The second kappa shape index (κ2) is 4.75. The second-order valence-corrected chi connectivity index (χ2v) is 8.17. The van der Waals surface area contributed by atoms with Crippen LogP contribution in [-0.4, -0.2) is 41.4 Å². The molecule has 9 heteroatoms. The van der Waals surface area contributed by atoms with Gasteiger partial charge in [0.2, 0.25) is 0 Å². The van der Waals surface area contributed by atoms with E-state index in [4.69, 9.17) is 10.8 Å². The van der Waals surface area contributed by atoms with Crippen molar-refractivity contribution in [3.8, 4) is 0 Å². The number of fused-ring (bicyclic) bond motifs is 1. The fourth-order valence-electron chi connectivity index (χ4n) is 3.77. The standard InChI is InChI=1S/C14H14FNO6S/c15-6-3-1-2-4-7(6)23(21,22)8-5-14(16,13(19)20)11-9(8)10(11)12(17)18/h1-4,8-11H,5,16H2,(H,17,18)(H,19,20). The van der Waals surface area contributed by atoms with Gasteiger partial charge in [-0.25, -0.2) is 12.8 Å². The Morgan fingerprint density at radius 3 is 2.39 bits per heavy atom. The molecular formula is C14H14FNO6S. The first-order valence-electron chi connectivity index (χ1n) is 6.86. The lowest BCUT2D eigenvalue weighted by atomic mass is 9.91. The number of rotatable bonds is 4. The molecule has 0 saturated heterocycles. The van der Waals surface area contributed by atoms with Crippen LogP contribution in [0.2, 0.25) is 0 Å². The number of benzene rings is 1. The zero-order chi connectivity index (χ0) is 17.2. The van der Waals surface area contributed by atoms with Crippen LogP contribution in [0.4, 0.5) is 4.39 Å². The lowest BCUT2D eigenvalue weighted by Crippen LogP contribution is -2.51. The summed E-state index contributed by atoms with van der Waals surface area (Å²) in [5.41, 5.74) is 3.86. The van der Waals surface area contributed by atoms with E-state index in [1.165, 1.54) is 12.1 Å². The normalized spacial score (nSPS) is 35.6. The summed E-state index contributed by atoms with van der Waals surface area (Å²) < 4.78 is 39.2. The SMILES string of the molecule is NC1(C(=O)O)CC(S(=O)(=O)c2ccccc2F)C2C(C(=O)O)C21. The lowest BCUT2D eigenvalue weighted by molar-refractivity contribution is -0.145. The molecule has 2 fully saturated rings. The lowest BCUT2D eigenvalue weighted by Gasteiger charge is -2.24. The third-order valence-electron chi connectivity index (χ3n) is 4.86. The third-order valence-corrected chi connectivity index (χ3v) is 7.09. The summed E-state index contributed by atoms with van der Waals surface area (Å²) in [6.07, 6.45) is -0.432. The van der Waals surface area contributed by atoms with Gasteiger partial charge in [-0.15, -0.1) is 0 Å². The maximum Gasteiger partial charge on any atom is 0.324 e. The van der Waals surface area contributed by atoms with E-state index in [1.807, 2.05) is 0 Å². The highest BCUT2D eigenvalue weighted by molar-refractivity contribution is 7.92. The first kappa shape index (κ1) is 15.9. The maximum atomic E-state index is 13.8. The quantitative estimate of drug-likeness (QED) is 0.705. The van der Waals surface area contributed by atoms with Crippen molar-refractivity contribution >= 4 is 21.8 Å². The minimum atomic E-state index is -4.23. The summed E-state index contributed by atoms with van der Waals surface area (Å²) in [6, 6.07) is 4.73. The molecule has 0 aromatic heterocycles. The van der Waals surface area contributed by atoms with Crippen LogP contribution >= 0.6 is 0 Å². The van der Waals surface area contributed by atoms with Crippen molar-refractivity contribution in [2.75, 3.05) is 0 Å². The number of hydrogen-bond acceptors (Lipinski definition) is 5. The second-order valence-electron chi connectivity index (χ2n) is 6.03. The van der Waals surface area contributed by atoms with Gasteiger partial charge in [-0.2, -0.15) is 0 Å². The van der Waals surface area contributed by atoms with Crippen LogP contribution in [0.25, 0.3) is 0 Å². The largest absolute Gasteiger partial charge is 0.481 e. The summed E-state index contributed by atoms with van der Waals surface area (Å²) in [4.78, 5) is 22.1. The minimum absolute atomic E-state index is 0.432. The topological polar surface area (TPSA) is 135 Å². The zero-order valence-corrected chi connectivity index (χ0v) is 12.5. The molecule has 0 amide bonds. The molecule has 1 aromatic rings. The minimum Gasteiger partial charge on any atom is -0.481 e. The molecule has 1 aromatic carbocycles. The summed E-state index contributed by atoms with van der Waals surface area (Å²) in [7, 11) is -4.23. The third kappa shape index (κ3) is 2.07. The molecule has 0 radical (unpaired) electrons. The van der Waals surface area contributed by atoms with Crippen molar-refractivity contribution in [2.24, 2.45) is 23.5 Å². The van der Waals surface area contributed by atoms with E-state index in [0.29, 0.717) is 0 Å². The van der Waals surface area contributed by atoms with Gasteiger partial charge in [0.1, 0.15) is 16.3 Å². The van der Waals surface area contributed by atoms with Crippen LogP contribution in [0.3, 0.4) is 0 Å². The molecule has 0 heterocycles. The number of sulfone groups is 1. The molecule has 124 valence electrons. The van der Waals surface area contributed by atoms with Crippen LogP contribution < -0.4 is 5.73 Å². The first-order valence-corrected chi connectivity index (χ1v) is 8.40. The molecule has 5 atom stereocenters. The fourth-order valence-corrected chi connectivity index (χ4v) is 5.95. The van der Waals surface area contributed by atoms with E-state index >= 15 is 0 Å². The first-order chi connectivity index (χ1) is 10.6. The molecule has 23 heavy (non-hydrogen) atoms. The Kier molecular flexibility index (Phi) is 3.28. The fraction of sp³-hybridized carbons (Fsp3) is 0.429. The van der Waals surface area contributed by atoms with Gasteiger partial charge in [-0.1, -0.05) is 12.1 Å². The van der Waals surface area contributed by atoms with Crippen LogP contribution in [0.15, 0.2) is 29.2 Å². The van der Waals surface area contributed by atoms with Gasteiger partial charge in [0, 0.05) is 5.92 Å². The molecule has 2 aliphatic carbocycles. The Labute approximate surface area is 130 Å². The Balaban J connectivity index is 2.06. The molecule has 3 rings (SSSR count). The zero-order valence-electron chi connectivity index (χ0n) is 11.7. The molecule has 0 aliphatic heterocycles. The molecule has 2 aliphatic rings. The van der Waals surface area contributed by atoms with Crippen molar-refractivity contribution in [3.63, 3.8) is 0 Å². The van der Waals surface area contributed by atoms with Crippen LogP contribution in [-0.2, 0) is 19.4 Å². The van der Waals surface area contributed by atoms with E-state index in [9.17, 15) is 27.5 Å². The Hall–Kier alpha value is -2.00. The Bertz CT molecular complexity index is 809. The molecule has 7 nitrogen and oxygen atoms in total. The van der Waals surface area contributed by atoms with E-state index in [0.717, 1.165) is 12.1 Å². The number of carboxylic acid groups (broad SMARTS) is 2. The molecule has 2 saturated carbocycles. The van der Waals surface area contributed by atoms with Crippen molar-refractivity contribution in [3.05, 3.63) is 30.1 Å². The van der Waals surface area contributed by atoms with Gasteiger partial charge in [-0.3, -0.25) is 9.59 Å². The summed E-state index contributed by atoms with van der Waals surface area (Å²) in [6.45, 7) is 0. The van der Waals surface area contributed by atoms with E-state index in [-0.39, 0.29) is 0 Å². The highest BCUT2D eigenvalue weighted by Gasteiger charge is 2.76.